The van der Waals surface area contributed by atoms with Crippen molar-refractivity contribution in [2.45, 2.75) is 19.4 Å². The number of carbonyl (C=O) groups excluding carboxylic acids is 1. The first-order chi connectivity index (χ1) is 4.88. The van der Waals surface area contributed by atoms with Gasteiger partial charge in [-0.05, 0) is 6.92 Å². The second-order valence-corrected chi connectivity index (χ2v) is 1.71. The molecule has 0 aromatic heterocycles. The summed E-state index contributed by atoms with van der Waals surface area (Å²) < 4.78 is 42.3. The predicted octanol–water partition coefficient (Wildman–Crippen LogP) is 1.08. The highest BCUT2D eigenvalue weighted by Gasteiger charge is 2.41. The molecule has 1 atom stereocenters. The Kier molecular flexibility index (Phi) is 3.31. The molecule has 66 valence electrons. The lowest BCUT2D eigenvalue weighted by molar-refractivity contribution is -0.220. The van der Waals surface area contributed by atoms with Gasteiger partial charge >= 0.3 is 12.1 Å². The molecule has 11 heavy (non-hydrogen) atoms. The monoisotopic (exact) mass is 172 g/mol. The molecule has 0 saturated heterocycles. The summed E-state index contributed by atoms with van der Waals surface area (Å²) in [7, 11) is 1.13. The summed E-state index contributed by atoms with van der Waals surface area (Å²) in [6, 6.07) is 0. The maximum absolute atomic E-state index is 11.4. The number of halogens is 3. The number of carbonyl (C=O) groups is 1. The van der Waals surface area contributed by atoms with Crippen molar-refractivity contribution < 1.29 is 27.4 Å². The largest absolute Gasteiger partial charge is 0.491 e. The van der Waals surface area contributed by atoms with Crippen LogP contribution in [0.2, 0.25) is 0 Å². The van der Waals surface area contributed by atoms with E-state index >= 15 is 0 Å². The maximum atomic E-state index is 11.4. The third-order valence-electron chi connectivity index (χ3n) is 0.836. The Labute approximate surface area is 61.1 Å². The van der Waals surface area contributed by atoms with Gasteiger partial charge in [-0.25, -0.2) is 4.79 Å². The number of hydrogen-bond donors (Lipinski definition) is 0. The molecule has 0 amide bonds. The normalized spacial score (nSPS) is 14.3. The van der Waals surface area contributed by atoms with Crippen LogP contribution in [0.25, 0.3) is 0 Å². The Morgan fingerprint density at radius 1 is 1.45 bits per heavy atom. The summed E-state index contributed by atoms with van der Waals surface area (Å²) in [6.45, 7) is 1.18. The zero-order chi connectivity index (χ0) is 9.07. The van der Waals surface area contributed by atoms with Gasteiger partial charge in [0, 0.05) is 7.11 Å². The van der Waals surface area contributed by atoms with Crippen molar-refractivity contribution in [3.05, 3.63) is 0 Å². The smallest absolute Gasteiger partial charge is 0.429 e. The van der Waals surface area contributed by atoms with Crippen LogP contribution in [0.15, 0.2) is 0 Å². The predicted molar refractivity (Wildman–Crippen MR) is 28.6 cm³/mol. The number of alkyl halides is 3. The summed E-state index contributed by atoms with van der Waals surface area (Å²) in [6.07, 6.45) is -6.13. The van der Waals surface area contributed by atoms with Crippen LogP contribution in [0, 0.1) is 0 Å². The lowest BCUT2D eigenvalue weighted by Crippen LogP contribution is -2.29. The van der Waals surface area contributed by atoms with Crippen molar-refractivity contribution in [3.8, 4) is 0 Å². The van der Waals surface area contributed by atoms with Crippen LogP contribution in [0.4, 0.5) is 13.2 Å². The summed E-state index contributed by atoms with van der Waals surface area (Å²) in [4.78, 5) is 10.0. The van der Waals surface area contributed by atoms with Crippen molar-refractivity contribution in [2.75, 3.05) is 7.11 Å². The molecule has 0 aromatic carbocycles. The van der Waals surface area contributed by atoms with E-state index in [1.54, 1.807) is 0 Å². The van der Waals surface area contributed by atoms with Gasteiger partial charge < -0.3 is 9.47 Å². The van der Waals surface area contributed by atoms with Crippen LogP contribution in [0.3, 0.4) is 0 Å². The van der Waals surface area contributed by atoms with E-state index in [-0.39, 0.29) is 0 Å². The van der Waals surface area contributed by atoms with Crippen molar-refractivity contribution in [3.63, 3.8) is 0 Å². The second kappa shape index (κ2) is 3.56. The highest BCUT2D eigenvalue weighted by Crippen LogP contribution is 2.17. The topological polar surface area (TPSA) is 35.5 Å². The molecule has 0 aliphatic rings. The van der Waals surface area contributed by atoms with E-state index in [1.807, 2.05) is 0 Å². The number of hydrogen-bond acceptors (Lipinski definition) is 3. The van der Waals surface area contributed by atoms with E-state index in [4.69, 9.17) is 0 Å². The Morgan fingerprint density at radius 2 is 1.91 bits per heavy atom. The lowest BCUT2D eigenvalue weighted by atomic mass is 10.6. The Balaban J connectivity index is 3.88. The van der Waals surface area contributed by atoms with E-state index in [0.717, 1.165) is 7.11 Å². The van der Waals surface area contributed by atoms with Gasteiger partial charge in [0.25, 0.3) is 0 Å². The molecule has 1 unspecified atom stereocenters. The minimum Gasteiger partial charge on any atom is -0.429 e. The molecule has 0 spiro atoms. The summed E-state index contributed by atoms with van der Waals surface area (Å²) in [5, 5.41) is 0. The molecule has 0 aromatic rings. The van der Waals surface area contributed by atoms with Crippen LogP contribution in [0.1, 0.15) is 6.92 Å². The molecular formula is C5H7F3O3. The molecule has 0 N–H and O–H groups in total. The van der Waals surface area contributed by atoms with Gasteiger partial charge in [0.05, 0.1) is 0 Å². The fourth-order valence-corrected chi connectivity index (χ4v) is 0.266. The number of esters is 1. The van der Waals surface area contributed by atoms with Gasteiger partial charge in [-0.1, -0.05) is 0 Å². The Morgan fingerprint density at radius 3 is 2.18 bits per heavy atom. The van der Waals surface area contributed by atoms with Gasteiger partial charge in [0.1, 0.15) is 0 Å². The van der Waals surface area contributed by atoms with Crippen LogP contribution in [-0.2, 0) is 14.3 Å². The first-order valence-electron chi connectivity index (χ1n) is 2.68. The van der Waals surface area contributed by atoms with Crippen molar-refractivity contribution >= 4 is 5.97 Å². The van der Waals surface area contributed by atoms with E-state index in [2.05, 4.69) is 9.47 Å². The van der Waals surface area contributed by atoms with E-state index in [1.165, 1.54) is 6.92 Å². The SMILES string of the molecule is COC(C)OC(=O)C(F)(F)F. The number of rotatable bonds is 2. The molecule has 0 heterocycles. The molecule has 0 rings (SSSR count). The third kappa shape index (κ3) is 3.82. The first kappa shape index (κ1) is 10.2. The van der Waals surface area contributed by atoms with Gasteiger partial charge in [0.2, 0.25) is 0 Å². The van der Waals surface area contributed by atoms with Gasteiger partial charge in [-0.3, -0.25) is 0 Å². The molecule has 0 saturated carbocycles. The molecule has 0 aliphatic carbocycles. The van der Waals surface area contributed by atoms with Crippen molar-refractivity contribution in [1.29, 1.82) is 0 Å². The average molecular weight is 172 g/mol. The Bertz CT molecular complexity index is 142. The Hall–Kier alpha value is -0.780. The zero-order valence-electron chi connectivity index (χ0n) is 5.94. The van der Waals surface area contributed by atoms with Crippen LogP contribution < -0.4 is 0 Å². The first-order valence-corrected chi connectivity index (χ1v) is 2.68. The lowest BCUT2D eigenvalue weighted by Gasteiger charge is -2.11. The fourth-order valence-electron chi connectivity index (χ4n) is 0.266. The number of ether oxygens (including phenoxy) is 2. The maximum Gasteiger partial charge on any atom is 0.491 e. The third-order valence-corrected chi connectivity index (χ3v) is 0.836. The van der Waals surface area contributed by atoms with Crippen molar-refractivity contribution in [1.82, 2.24) is 0 Å². The molecule has 3 nitrogen and oxygen atoms in total. The highest BCUT2D eigenvalue weighted by molar-refractivity contribution is 5.75. The highest BCUT2D eigenvalue weighted by atomic mass is 19.4. The molecule has 6 heteroatoms. The quantitative estimate of drug-likeness (QED) is 0.462. The van der Waals surface area contributed by atoms with Crippen LogP contribution in [0.5, 0.6) is 0 Å². The molecule has 0 aliphatic heterocycles. The number of methoxy groups -OCH3 is 1. The summed E-state index contributed by atoms with van der Waals surface area (Å²) in [5.41, 5.74) is 0. The van der Waals surface area contributed by atoms with Gasteiger partial charge in [-0.2, -0.15) is 13.2 Å². The minimum absolute atomic E-state index is 1.13. The van der Waals surface area contributed by atoms with Crippen LogP contribution >= 0.6 is 0 Å². The van der Waals surface area contributed by atoms with E-state index < -0.39 is 18.4 Å². The van der Waals surface area contributed by atoms with E-state index in [9.17, 15) is 18.0 Å². The van der Waals surface area contributed by atoms with Crippen molar-refractivity contribution in [2.24, 2.45) is 0 Å². The zero-order valence-corrected chi connectivity index (χ0v) is 5.94. The molecular weight excluding hydrogens is 165 g/mol. The van der Waals surface area contributed by atoms with Gasteiger partial charge in [0.15, 0.2) is 6.29 Å². The second-order valence-electron chi connectivity index (χ2n) is 1.71. The van der Waals surface area contributed by atoms with Crippen LogP contribution in [-0.4, -0.2) is 25.5 Å². The summed E-state index contributed by atoms with van der Waals surface area (Å²) in [5.74, 6) is -2.24. The summed E-state index contributed by atoms with van der Waals surface area (Å²) >= 11 is 0. The van der Waals surface area contributed by atoms with Gasteiger partial charge in [-0.15, -0.1) is 0 Å². The average Bonchev–Trinajstić information content (AvgIpc) is 1.85. The minimum atomic E-state index is -4.95. The standard InChI is InChI=1S/C5H7F3O3/c1-3(10-2)11-4(9)5(6,7)8/h3H,1-2H3. The molecule has 0 bridgehead atoms. The molecule has 0 fully saturated rings. The molecule has 0 radical (unpaired) electrons. The van der Waals surface area contributed by atoms with E-state index in [0.29, 0.717) is 0 Å². The fraction of sp³-hybridized carbons (Fsp3) is 0.800.